The highest BCUT2D eigenvalue weighted by Crippen LogP contribution is 2.12. The SMILES string of the molecule is CC(CO)N(C)C(=O)c1ccnc(F)c1F. The van der Waals surface area contributed by atoms with Gasteiger partial charge in [0.1, 0.15) is 0 Å². The summed E-state index contributed by atoms with van der Waals surface area (Å²) < 4.78 is 26.0. The van der Waals surface area contributed by atoms with Crippen LogP contribution in [0.2, 0.25) is 0 Å². The molecule has 88 valence electrons. The zero-order valence-electron chi connectivity index (χ0n) is 8.94. The first-order valence-corrected chi connectivity index (χ1v) is 4.67. The van der Waals surface area contributed by atoms with Gasteiger partial charge in [0.05, 0.1) is 18.2 Å². The number of rotatable bonds is 3. The fourth-order valence-corrected chi connectivity index (χ4v) is 1.10. The summed E-state index contributed by atoms with van der Waals surface area (Å²) in [6.45, 7) is 1.34. The number of pyridine rings is 1. The van der Waals surface area contributed by atoms with Crippen LogP contribution in [0.1, 0.15) is 17.3 Å². The molecule has 1 atom stereocenters. The monoisotopic (exact) mass is 230 g/mol. The Morgan fingerprint density at radius 1 is 1.62 bits per heavy atom. The molecule has 0 aliphatic carbocycles. The lowest BCUT2D eigenvalue weighted by atomic mass is 10.2. The van der Waals surface area contributed by atoms with Crippen molar-refractivity contribution in [2.75, 3.05) is 13.7 Å². The maximum atomic E-state index is 13.2. The number of likely N-dealkylation sites (N-methyl/N-ethyl adjacent to an activating group) is 1. The van der Waals surface area contributed by atoms with E-state index >= 15 is 0 Å². The van der Waals surface area contributed by atoms with E-state index in [1.54, 1.807) is 6.92 Å². The summed E-state index contributed by atoms with van der Waals surface area (Å²) in [5.74, 6) is -3.28. The van der Waals surface area contributed by atoms with Gasteiger partial charge in [0.2, 0.25) is 5.95 Å². The van der Waals surface area contributed by atoms with Crippen molar-refractivity contribution in [1.82, 2.24) is 9.88 Å². The van der Waals surface area contributed by atoms with E-state index in [4.69, 9.17) is 5.11 Å². The van der Waals surface area contributed by atoms with Crippen LogP contribution >= 0.6 is 0 Å². The molecular formula is C10H12F2N2O2. The third-order valence-electron chi connectivity index (χ3n) is 2.32. The van der Waals surface area contributed by atoms with Gasteiger partial charge in [-0.15, -0.1) is 0 Å². The number of carbonyl (C=O) groups is 1. The third kappa shape index (κ3) is 2.33. The van der Waals surface area contributed by atoms with Crippen molar-refractivity contribution in [3.63, 3.8) is 0 Å². The van der Waals surface area contributed by atoms with E-state index in [0.717, 1.165) is 17.2 Å². The summed E-state index contributed by atoms with van der Waals surface area (Å²) in [6.07, 6.45) is 1.02. The highest BCUT2D eigenvalue weighted by molar-refractivity contribution is 5.94. The van der Waals surface area contributed by atoms with Gasteiger partial charge in [0, 0.05) is 13.2 Å². The van der Waals surface area contributed by atoms with Crippen molar-refractivity contribution in [2.45, 2.75) is 13.0 Å². The Labute approximate surface area is 91.5 Å². The van der Waals surface area contributed by atoms with Crippen LogP contribution in [-0.4, -0.2) is 40.6 Å². The van der Waals surface area contributed by atoms with Gasteiger partial charge in [0.25, 0.3) is 5.91 Å². The largest absolute Gasteiger partial charge is 0.394 e. The lowest BCUT2D eigenvalue weighted by Gasteiger charge is -2.23. The molecule has 0 aliphatic rings. The molecule has 0 aromatic carbocycles. The maximum Gasteiger partial charge on any atom is 0.257 e. The van der Waals surface area contributed by atoms with Gasteiger partial charge in [-0.2, -0.15) is 4.39 Å². The maximum absolute atomic E-state index is 13.2. The molecular weight excluding hydrogens is 218 g/mol. The highest BCUT2D eigenvalue weighted by Gasteiger charge is 2.22. The van der Waals surface area contributed by atoms with Crippen molar-refractivity contribution < 1.29 is 18.7 Å². The van der Waals surface area contributed by atoms with Crippen LogP contribution in [0.15, 0.2) is 12.3 Å². The average Bonchev–Trinajstić information content (AvgIpc) is 2.29. The summed E-state index contributed by atoms with van der Waals surface area (Å²) in [4.78, 5) is 15.9. The van der Waals surface area contributed by atoms with Gasteiger partial charge in [-0.25, -0.2) is 9.37 Å². The quantitative estimate of drug-likeness (QED) is 0.782. The van der Waals surface area contributed by atoms with Gasteiger partial charge in [0.15, 0.2) is 5.82 Å². The smallest absolute Gasteiger partial charge is 0.257 e. The minimum atomic E-state index is -1.31. The molecule has 0 saturated heterocycles. The Hall–Kier alpha value is -1.56. The van der Waals surface area contributed by atoms with Crippen LogP contribution in [0.5, 0.6) is 0 Å². The van der Waals surface area contributed by atoms with Crippen LogP contribution < -0.4 is 0 Å². The topological polar surface area (TPSA) is 53.4 Å². The van der Waals surface area contributed by atoms with E-state index in [9.17, 15) is 13.6 Å². The van der Waals surface area contributed by atoms with Gasteiger partial charge >= 0.3 is 0 Å². The van der Waals surface area contributed by atoms with E-state index in [1.807, 2.05) is 0 Å². The van der Waals surface area contributed by atoms with Crippen molar-refractivity contribution in [2.24, 2.45) is 0 Å². The predicted molar refractivity (Wildman–Crippen MR) is 52.8 cm³/mol. The molecule has 1 heterocycles. The Morgan fingerprint density at radius 2 is 2.25 bits per heavy atom. The fraction of sp³-hybridized carbons (Fsp3) is 0.400. The molecule has 0 bridgehead atoms. The number of nitrogens with zero attached hydrogens (tertiary/aromatic N) is 2. The van der Waals surface area contributed by atoms with Crippen molar-refractivity contribution in [1.29, 1.82) is 0 Å². The van der Waals surface area contributed by atoms with E-state index < -0.39 is 29.3 Å². The fourth-order valence-electron chi connectivity index (χ4n) is 1.10. The number of aliphatic hydroxyl groups is 1. The number of amides is 1. The first kappa shape index (κ1) is 12.5. The lowest BCUT2D eigenvalue weighted by Crippen LogP contribution is -2.37. The molecule has 1 N–H and O–H groups in total. The standard InChI is InChI=1S/C10H12F2N2O2/c1-6(5-15)14(2)10(16)7-3-4-13-9(12)8(7)11/h3-4,6,15H,5H2,1-2H3. The number of carbonyl (C=O) groups excluding carboxylic acids is 1. The second-order valence-corrected chi connectivity index (χ2v) is 3.41. The number of aromatic nitrogens is 1. The Morgan fingerprint density at radius 3 is 2.81 bits per heavy atom. The second kappa shape index (κ2) is 4.98. The minimum absolute atomic E-state index is 0.253. The third-order valence-corrected chi connectivity index (χ3v) is 2.32. The molecule has 0 fully saturated rings. The molecule has 1 aromatic rings. The molecule has 0 saturated carbocycles. The molecule has 1 unspecified atom stereocenters. The first-order valence-electron chi connectivity index (χ1n) is 4.67. The molecule has 1 rings (SSSR count). The molecule has 16 heavy (non-hydrogen) atoms. The number of halogens is 2. The summed E-state index contributed by atoms with van der Waals surface area (Å²) >= 11 is 0. The predicted octanol–water partition coefficient (Wildman–Crippen LogP) is 0.813. The zero-order chi connectivity index (χ0) is 12.3. The van der Waals surface area contributed by atoms with E-state index in [1.165, 1.54) is 7.05 Å². The number of aliphatic hydroxyl groups excluding tert-OH is 1. The normalized spacial score (nSPS) is 12.3. The second-order valence-electron chi connectivity index (χ2n) is 3.41. The van der Waals surface area contributed by atoms with Crippen molar-refractivity contribution in [3.8, 4) is 0 Å². The van der Waals surface area contributed by atoms with Gasteiger partial charge < -0.3 is 10.0 Å². The molecule has 1 amide bonds. The molecule has 0 aliphatic heterocycles. The zero-order valence-corrected chi connectivity index (χ0v) is 8.94. The van der Waals surface area contributed by atoms with Gasteiger partial charge in [-0.1, -0.05) is 0 Å². The van der Waals surface area contributed by atoms with Gasteiger partial charge in [-0.05, 0) is 13.0 Å². The van der Waals surface area contributed by atoms with Crippen molar-refractivity contribution >= 4 is 5.91 Å². The molecule has 6 heteroatoms. The summed E-state index contributed by atoms with van der Waals surface area (Å²) in [7, 11) is 1.40. The summed E-state index contributed by atoms with van der Waals surface area (Å²) in [5.41, 5.74) is -0.393. The minimum Gasteiger partial charge on any atom is -0.394 e. The number of hydrogen-bond donors (Lipinski definition) is 1. The van der Waals surface area contributed by atoms with Gasteiger partial charge in [-0.3, -0.25) is 4.79 Å². The molecule has 1 aromatic heterocycles. The molecule has 4 nitrogen and oxygen atoms in total. The van der Waals surface area contributed by atoms with Crippen LogP contribution in [0.4, 0.5) is 8.78 Å². The number of hydrogen-bond acceptors (Lipinski definition) is 3. The van der Waals surface area contributed by atoms with Crippen LogP contribution in [0, 0.1) is 11.8 Å². The average molecular weight is 230 g/mol. The first-order chi connectivity index (χ1) is 7.49. The summed E-state index contributed by atoms with van der Waals surface area (Å²) in [5, 5.41) is 8.85. The Balaban J connectivity index is 3.01. The van der Waals surface area contributed by atoms with Crippen molar-refractivity contribution in [3.05, 3.63) is 29.6 Å². The summed E-state index contributed by atoms with van der Waals surface area (Å²) in [6, 6.07) is 0.629. The molecule has 0 radical (unpaired) electrons. The highest BCUT2D eigenvalue weighted by atomic mass is 19.2. The van der Waals surface area contributed by atoms with Crippen LogP contribution in [0.3, 0.4) is 0 Å². The lowest BCUT2D eigenvalue weighted by molar-refractivity contribution is 0.0676. The van der Waals surface area contributed by atoms with E-state index in [-0.39, 0.29) is 6.61 Å². The van der Waals surface area contributed by atoms with Crippen LogP contribution in [0.25, 0.3) is 0 Å². The van der Waals surface area contributed by atoms with E-state index in [2.05, 4.69) is 4.98 Å². The Kier molecular flexibility index (Phi) is 3.89. The Bertz CT molecular complexity index is 398. The van der Waals surface area contributed by atoms with Crippen LogP contribution in [-0.2, 0) is 0 Å². The molecule has 0 spiro atoms. The van der Waals surface area contributed by atoms with E-state index in [0.29, 0.717) is 0 Å².